The zero-order chi connectivity index (χ0) is 17.6. The lowest BCUT2D eigenvalue weighted by molar-refractivity contribution is -0.130. The number of hydrogen-bond donors (Lipinski definition) is 1. The van der Waals surface area contributed by atoms with Crippen molar-refractivity contribution in [2.75, 3.05) is 32.7 Å². The van der Waals surface area contributed by atoms with E-state index >= 15 is 0 Å². The minimum absolute atomic E-state index is 0.0451. The molecular formula is C19H29FN2O2. The lowest BCUT2D eigenvalue weighted by Gasteiger charge is -2.32. The topological polar surface area (TPSA) is 43.8 Å². The van der Waals surface area contributed by atoms with Crippen LogP contribution in [0.2, 0.25) is 0 Å². The standard InChI is InChI=1S/C19H29FN2O2/c1-3-19(24,4-2)15-21-9-6-10-22(12-11-21)18(23)14-16-7-5-8-17(20)13-16/h5,7-8,13,24H,3-4,6,9-12,14-15H2,1-2H3. The molecule has 1 fully saturated rings. The average molecular weight is 336 g/mol. The second-order valence-electron chi connectivity index (χ2n) is 6.75. The van der Waals surface area contributed by atoms with E-state index in [4.69, 9.17) is 0 Å². The highest BCUT2D eigenvalue weighted by Crippen LogP contribution is 2.18. The molecule has 1 saturated heterocycles. The molecule has 24 heavy (non-hydrogen) atoms. The van der Waals surface area contributed by atoms with Gasteiger partial charge >= 0.3 is 0 Å². The van der Waals surface area contributed by atoms with E-state index in [1.54, 1.807) is 12.1 Å². The molecule has 0 aromatic heterocycles. The molecule has 0 atom stereocenters. The van der Waals surface area contributed by atoms with Gasteiger partial charge < -0.3 is 10.0 Å². The van der Waals surface area contributed by atoms with E-state index in [9.17, 15) is 14.3 Å². The van der Waals surface area contributed by atoms with Gasteiger partial charge in [0, 0.05) is 32.7 Å². The normalized spacial score (nSPS) is 16.9. The summed E-state index contributed by atoms with van der Waals surface area (Å²) in [4.78, 5) is 16.6. The summed E-state index contributed by atoms with van der Waals surface area (Å²) in [6.45, 7) is 7.74. The number of hydrogen-bond acceptors (Lipinski definition) is 3. The van der Waals surface area contributed by atoms with Gasteiger partial charge in [0.05, 0.1) is 12.0 Å². The molecule has 4 nitrogen and oxygen atoms in total. The van der Waals surface area contributed by atoms with Gasteiger partial charge in [0.1, 0.15) is 5.82 Å². The molecule has 1 N–H and O–H groups in total. The quantitative estimate of drug-likeness (QED) is 0.868. The first-order valence-electron chi connectivity index (χ1n) is 8.92. The predicted octanol–water partition coefficient (Wildman–Crippen LogP) is 2.45. The average Bonchev–Trinajstić information content (AvgIpc) is 2.80. The molecule has 0 bridgehead atoms. The lowest BCUT2D eigenvalue weighted by Crippen LogP contribution is -2.44. The van der Waals surface area contributed by atoms with Gasteiger partial charge in [0.15, 0.2) is 0 Å². The second kappa shape index (κ2) is 8.58. The van der Waals surface area contributed by atoms with Crippen LogP contribution in [0.3, 0.4) is 0 Å². The first-order chi connectivity index (χ1) is 11.5. The third-order valence-corrected chi connectivity index (χ3v) is 5.02. The summed E-state index contributed by atoms with van der Waals surface area (Å²) in [5.74, 6) is -0.260. The van der Waals surface area contributed by atoms with Gasteiger partial charge in [-0.1, -0.05) is 26.0 Å². The Hall–Kier alpha value is -1.46. The molecule has 1 aromatic carbocycles. The molecule has 0 radical (unpaired) electrons. The van der Waals surface area contributed by atoms with Gasteiger partial charge in [-0.25, -0.2) is 4.39 Å². The predicted molar refractivity (Wildman–Crippen MR) is 93.3 cm³/mol. The van der Waals surface area contributed by atoms with Crippen molar-refractivity contribution in [2.45, 2.75) is 45.1 Å². The maximum absolute atomic E-state index is 13.2. The van der Waals surface area contributed by atoms with Crippen LogP contribution < -0.4 is 0 Å². The zero-order valence-electron chi connectivity index (χ0n) is 14.8. The fourth-order valence-electron chi connectivity index (χ4n) is 3.20. The van der Waals surface area contributed by atoms with Crippen molar-refractivity contribution in [1.82, 2.24) is 9.80 Å². The zero-order valence-corrected chi connectivity index (χ0v) is 14.8. The number of aliphatic hydroxyl groups is 1. The van der Waals surface area contributed by atoms with Crippen LogP contribution in [0, 0.1) is 5.82 Å². The van der Waals surface area contributed by atoms with E-state index < -0.39 is 5.60 Å². The Morgan fingerprint density at radius 2 is 1.96 bits per heavy atom. The second-order valence-corrected chi connectivity index (χ2v) is 6.75. The first kappa shape index (κ1) is 18.9. The minimum atomic E-state index is -0.638. The van der Waals surface area contributed by atoms with Crippen molar-refractivity contribution in [1.29, 1.82) is 0 Å². The lowest BCUT2D eigenvalue weighted by atomic mass is 9.97. The Bertz CT molecular complexity index is 546. The number of benzene rings is 1. The molecule has 1 aromatic rings. The van der Waals surface area contributed by atoms with Gasteiger partial charge in [0.25, 0.3) is 0 Å². The SMILES string of the molecule is CCC(O)(CC)CN1CCCN(C(=O)Cc2cccc(F)c2)CC1. The molecule has 0 saturated carbocycles. The van der Waals surface area contributed by atoms with Gasteiger partial charge in [0.2, 0.25) is 5.91 Å². The number of carbonyl (C=O) groups is 1. The molecule has 0 unspecified atom stereocenters. The Kier molecular flexibility index (Phi) is 6.75. The van der Waals surface area contributed by atoms with Crippen LogP contribution in [-0.4, -0.2) is 59.1 Å². The summed E-state index contributed by atoms with van der Waals surface area (Å²) in [7, 11) is 0. The van der Waals surface area contributed by atoms with E-state index in [1.807, 2.05) is 18.7 Å². The maximum atomic E-state index is 13.2. The number of β-amino-alcohol motifs (C(OH)–C–C–N with tert-alkyl or cyclic N) is 1. The molecule has 134 valence electrons. The fraction of sp³-hybridized carbons (Fsp3) is 0.632. The first-order valence-corrected chi connectivity index (χ1v) is 8.92. The van der Waals surface area contributed by atoms with E-state index in [2.05, 4.69) is 4.90 Å². The van der Waals surface area contributed by atoms with Gasteiger partial charge in [-0.05, 0) is 37.0 Å². The third kappa shape index (κ3) is 5.28. The molecular weight excluding hydrogens is 307 g/mol. The Labute approximate surface area is 144 Å². The van der Waals surface area contributed by atoms with Crippen molar-refractivity contribution in [3.8, 4) is 0 Å². The molecule has 1 heterocycles. The number of halogens is 1. The summed E-state index contributed by atoms with van der Waals surface area (Å²) in [6.07, 6.45) is 2.62. The molecule has 1 aliphatic heterocycles. The summed E-state index contributed by atoms with van der Waals surface area (Å²) in [6, 6.07) is 6.23. The highest BCUT2D eigenvalue weighted by Gasteiger charge is 2.27. The minimum Gasteiger partial charge on any atom is -0.389 e. The fourth-order valence-corrected chi connectivity index (χ4v) is 3.20. The van der Waals surface area contributed by atoms with Crippen molar-refractivity contribution in [2.24, 2.45) is 0 Å². The van der Waals surface area contributed by atoms with Crippen LogP contribution in [0.25, 0.3) is 0 Å². The highest BCUT2D eigenvalue weighted by molar-refractivity contribution is 5.78. The summed E-state index contributed by atoms with van der Waals surface area (Å²) in [5, 5.41) is 10.5. The summed E-state index contributed by atoms with van der Waals surface area (Å²) < 4.78 is 13.2. The Morgan fingerprint density at radius 1 is 1.21 bits per heavy atom. The van der Waals surface area contributed by atoms with Gasteiger partial charge in [-0.2, -0.15) is 0 Å². The summed E-state index contributed by atoms with van der Waals surface area (Å²) in [5.41, 5.74) is 0.0771. The highest BCUT2D eigenvalue weighted by atomic mass is 19.1. The van der Waals surface area contributed by atoms with Crippen LogP contribution in [0.1, 0.15) is 38.7 Å². The van der Waals surface area contributed by atoms with Crippen molar-refractivity contribution in [3.05, 3.63) is 35.6 Å². The maximum Gasteiger partial charge on any atom is 0.227 e. The Balaban J connectivity index is 1.89. The van der Waals surface area contributed by atoms with Crippen LogP contribution in [0.15, 0.2) is 24.3 Å². The van der Waals surface area contributed by atoms with Gasteiger partial charge in [-0.3, -0.25) is 9.69 Å². The van der Waals surface area contributed by atoms with Crippen LogP contribution >= 0.6 is 0 Å². The molecule has 0 spiro atoms. The number of rotatable bonds is 6. The van der Waals surface area contributed by atoms with Gasteiger partial charge in [-0.15, -0.1) is 0 Å². The van der Waals surface area contributed by atoms with Crippen molar-refractivity contribution >= 4 is 5.91 Å². The van der Waals surface area contributed by atoms with E-state index in [0.717, 1.165) is 38.9 Å². The number of nitrogens with zero attached hydrogens (tertiary/aromatic N) is 2. The van der Waals surface area contributed by atoms with Crippen LogP contribution in [0.4, 0.5) is 4.39 Å². The number of carbonyl (C=O) groups excluding carboxylic acids is 1. The largest absolute Gasteiger partial charge is 0.389 e. The molecule has 1 aliphatic rings. The van der Waals surface area contributed by atoms with Crippen LogP contribution in [0.5, 0.6) is 0 Å². The molecule has 1 amide bonds. The third-order valence-electron chi connectivity index (χ3n) is 5.02. The monoisotopic (exact) mass is 336 g/mol. The van der Waals surface area contributed by atoms with E-state index in [1.165, 1.54) is 12.1 Å². The van der Waals surface area contributed by atoms with Crippen molar-refractivity contribution in [3.63, 3.8) is 0 Å². The molecule has 2 rings (SSSR count). The van der Waals surface area contributed by atoms with E-state index in [0.29, 0.717) is 18.7 Å². The van der Waals surface area contributed by atoms with Crippen LogP contribution in [-0.2, 0) is 11.2 Å². The smallest absolute Gasteiger partial charge is 0.227 e. The number of amides is 1. The molecule has 5 heteroatoms. The van der Waals surface area contributed by atoms with Crippen molar-refractivity contribution < 1.29 is 14.3 Å². The Morgan fingerprint density at radius 3 is 2.62 bits per heavy atom. The summed E-state index contributed by atoms with van der Waals surface area (Å²) >= 11 is 0. The molecule has 0 aliphatic carbocycles. The van der Waals surface area contributed by atoms with E-state index in [-0.39, 0.29) is 18.1 Å².